The smallest absolute Gasteiger partial charge is 0.191 e. The fourth-order valence-corrected chi connectivity index (χ4v) is 4.30. The van der Waals surface area contributed by atoms with Gasteiger partial charge in [0.1, 0.15) is 6.61 Å². The number of thioether (sulfide) groups is 1. The first kappa shape index (κ1) is 20.4. The Hall–Kier alpha value is -2.34. The number of hydrogen-bond donors (Lipinski definition) is 2. The lowest BCUT2D eigenvalue weighted by atomic mass is 10.2. The highest BCUT2D eigenvalue weighted by molar-refractivity contribution is 8.00. The largest absolute Gasteiger partial charge is 0.493 e. The van der Waals surface area contributed by atoms with Crippen LogP contribution in [0.3, 0.4) is 0 Å². The van der Waals surface area contributed by atoms with E-state index in [0.717, 1.165) is 35.1 Å². The van der Waals surface area contributed by atoms with Crippen molar-refractivity contribution in [1.82, 2.24) is 10.6 Å². The maximum Gasteiger partial charge on any atom is 0.191 e. The number of hydrogen-bond acceptors (Lipinski definition) is 4. The molecule has 150 valence electrons. The Morgan fingerprint density at radius 1 is 1.11 bits per heavy atom. The molecule has 0 bridgehead atoms. The first-order valence-corrected chi connectivity index (χ1v) is 10.7. The standard InChI is InChI=1S/C22H29N3O2S/c1-23-22(25-15-19-9-6-12-28-19)24-14-18-10-11-20(21(13-18)26-2)27-16-17-7-4-3-5-8-17/h3-5,7-8,10-11,13,19H,6,9,12,14-16H2,1-2H3,(H2,23,24,25). The summed E-state index contributed by atoms with van der Waals surface area (Å²) < 4.78 is 11.4. The topological polar surface area (TPSA) is 54.9 Å². The zero-order valence-corrected chi connectivity index (χ0v) is 17.4. The van der Waals surface area contributed by atoms with Crippen molar-refractivity contribution in [2.24, 2.45) is 4.99 Å². The van der Waals surface area contributed by atoms with E-state index in [2.05, 4.69) is 21.7 Å². The average molecular weight is 400 g/mol. The van der Waals surface area contributed by atoms with Gasteiger partial charge in [-0.1, -0.05) is 36.4 Å². The monoisotopic (exact) mass is 399 g/mol. The minimum Gasteiger partial charge on any atom is -0.493 e. The molecule has 5 nitrogen and oxygen atoms in total. The molecule has 1 heterocycles. The van der Waals surface area contributed by atoms with E-state index in [1.54, 1.807) is 14.2 Å². The average Bonchev–Trinajstić information content (AvgIpc) is 3.27. The zero-order valence-electron chi connectivity index (χ0n) is 16.6. The van der Waals surface area contributed by atoms with Gasteiger partial charge >= 0.3 is 0 Å². The summed E-state index contributed by atoms with van der Waals surface area (Å²) in [6.45, 7) is 2.15. The second-order valence-electron chi connectivity index (χ2n) is 6.70. The Bertz CT molecular complexity index is 762. The summed E-state index contributed by atoms with van der Waals surface area (Å²) in [5.74, 6) is 3.59. The molecule has 0 spiro atoms. The molecule has 6 heteroatoms. The Morgan fingerprint density at radius 2 is 1.96 bits per heavy atom. The molecule has 28 heavy (non-hydrogen) atoms. The van der Waals surface area contributed by atoms with Crippen LogP contribution in [0.1, 0.15) is 24.0 Å². The van der Waals surface area contributed by atoms with Crippen LogP contribution < -0.4 is 20.1 Å². The van der Waals surface area contributed by atoms with E-state index in [0.29, 0.717) is 18.4 Å². The molecule has 2 aromatic rings. The lowest BCUT2D eigenvalue weighted by molar-refractivity contribution is 0.284. The molecule has 1 saturated heterocycles. The quantitative estimate of drug-likeness (QED) is 0.522. The summed E-state index contributed by atoms with van der Waals surface area (Å²) in [5.41, 5.74) is 2.24. The first-order chi connectivity index (χ1) is 13.8. The number of benzene rings is 2. The maximum absolute atomic E-state index is 5.93. The van der Waals surface area contributed by atoms with Gasteiger partial charge in [-0.2, -0.15) is 11.8 Å². The molecule has 1 aliphatic heterocycles. The number of nitrogens with one attached hydrogen (secondary N) is 2. The highest BCUT2D eigenvalue weighted by atomic mass is 32.2. The molecule has 2 aromatic carbocycles. The molecular weight excluding hydrogens is 370 g/mol. The number of rotatable bonds is 8. The fourth-order valence-electron chi connectivity index (χ4n) is 3.10. The number of methoxy groups -OCH3 is 1. The lowest BCUT2D eigenvalue weighted by Gasteiger charge is -2.16. The number of nitrogens with zero attached hydrogens (tertiary/aromatic N) is 1. The van der Waals surface area contributed by atoms with Gasteiger partial charge in [0.05, 0.1) is 7.11 Å². The Balaban J connectivity index is 1.52. The van der Waals surface area contributed by atoms with Crippen LogP contribution in [-0.4, -0.2) is 37.7 Å². The highest BCUT2D eigenvalue weighted by Crippen LogP contribution is 2.29. The SMILES string of the molecule is CN=C(NCc1ccc(OCc2ccccc2)c(OC)c1)NCC1CCCS1. The third-order valence-corrected chi connectivity index (χ3v) is 6.07. The summed E-state index contributed by atoms with van der Waals surface area (Å²) in [6.07, 6.45) is 2.61. The molecule has 2 N–H and O–H groups in total. The highest BCUT2D eigenvalue weighted by Gasteiger charge is 2.15. The lowest BCUT2D eigenvalue weighted by Crippen LogP contribution is -2.39. The van der Waals surface area contributed by atoms with Crippen LogP contribution in [0.2, 0.25) is 0 Å². The molecule has 0 aliphatic carbocycles. The molecule has 1 atom stereocenters. The van der Waals surface area contributed by atoms with Gasteiger partial charge < -0.3 is 20.1 Å². The normalized spacial score (nSPS) is 16.6. The molecule has 0 radical (unpaired) electrons. The molecule has 1 unspecified atom stereocenters. The van der Waals surface area contributed by atoms with Gasteiger partial charge in [-0.05, 0) is 41.9 Å². The van der Waals surface area contributed by atoms with Crippen molar-refractivity contribution < 1.29 is 9.47 Å². The van der Waals surface area contributed by atoms with Crippen LogP contribution in [-0.2, 0) is 13.2 Å². The number of guanidine groups is 1. The Morgan fingerprint density at radius 3 is 2.68 bits per heavy atom. The van der Waals surface area contributed by atoms with Crippen molar-refractivity contribution in [2.45, 2.75) is 31.2 Å². The third kappa shape index (κ3) is 6.09. The summed E-state index contributed by atoms with van der Waals surface area (Å²) in [6, 6.07) is 16.1. The summed E-state index contributed by atoms with van der Waals surface area (Å²) in [5, 5.41) is 7.49. The van der Waals surface area contributed by atoms with Crippen molar-refractivity contribution in [3.63, 3.8) is 0 Å². The second kappa shape index (κ2) is 10.9. The van der Waals surface area contributed by atoms with Gasteiger partial charge in [0.15, 0.2) is 17.5 Å². The van der Waals surface area contributed by atoms with Gasteiger partial charge in [-0.3, -0.25) is 4.99 Å². The van der Waals surface area contributed by atoms with Crippen molar-refractivity contribution in [2.75, 3.05) is 26.5 Å². The van der Waals surface area contributed by atoms with E-state index in [9.17, 15) is 0 Å². The van der Waals surface area contributed by atoms with E-state index in [1.165, 1.54) is 18.6 Å². The minimum absolute atomic E-state index is 0.518. The number of ether oxygens (including phenoxy) is 2. The predicted octanol–water partition coefficient (Wildman–Crippen LogP) is 3.83. The van der Waals surface area contributed by atoms with Gasteiger partial charge in [0.2, 0.25) is 0 Å². The van der Waals surface area contributed by atoms with Gasteiger partial charge in [0.25, 0.3) is 0 Å². The minimum atomic E-state index is 0.518. The summed E-state index contributed by atoms with van der Waals surface area (Å²) >= 11 is 2.04. The molecule has 1 aliphatic rings. The van der Waals surface area contributed by atoms with Gasteiger partial charge in [-0.15, -0.1) is 0 Å². The van der Waals surface area contributed by atoms with Crippen LogP contribution in [0, 0.1) is 0 Å². The van der Waals surface area contributed by atoms with Crippen LogP contribution in [0.5, 0.6) is 11.5 Å². The Labute approximate surface area is 171 Å². The molecule has 0 saturated carbocycles. The van der Waals surface area contributed by atoms with Crippen LogP contribution in [0.4, 0.5) is 0 Å². The van der Waals surface area contributed by atoms with E-state index in [1.807, 2.05) is 54.2 Å². The third-order valence-electron chi connectivity index (χ3n) is 4.67. The molecule has 0 amide bonds. The molecule has 1 fully saturated rings. The second-order valence-corrected chi connectivity index (χ2v) is 8.11. The fraction of sp³-hybridized carbons (Fsp3) is 0.409. The number of aliphatic imine (C=N–C) groups is 1. The van der Waals surface area contributed by atoms with Crippen molar-refractivity contribution in [3.8, 4) is 11.5 Å². The predicted molar refractivity (Wildman–Crippen MR) is 117 cm³/mol. The van der Waals surface area contributed by atoms with Gasteiger partial charge in [0, 0.05) is 25.4 Å². The van der Waals surface area contributed by atoms with E-state index < -0.39 is 0 Å². The maximum atomic E-state index is 5.93. The molecule has 3 rings (SSSR count). The van der Waals surface area contributed by atoms with Crippen molar-refractivity contribution >= 4 is 17.7 Å². The van der Waals surface area contributed by atoms with Crippen molar-refractivity contribution in [3.05, 3.63) is 59.7 Å². The van der Waals surface area contributed by atoms with Gasteiger partial charge in [-0.25, -0.2) is 0 Å². The van der Waals surface area contributed by atoms with Crippen LogP contribution in [0.15, 0.2) is 53.5 Å². The summed E-state index contributed by atoms with van der Waals surface area (Å²) in [7, 11) is 3.47. The molecular formula is C22H29N3O2S. The van der Waals surface area contributed by atoms with Crippen LogP contribution >= 0.6 is 11.8 Å². The first-order valence-electron chi connectivity index (χ1n) is 9.68. The van der Waals surface area contributed by atoms with E-state index in [-0.39, 0.29) is 0 Å². The van der Waals surface area contributed by atoms with E-state index in [4.69, 9.17) is 9.47 Å². The van der Waals surface area contributed by atoms with E-state index >= 15 is 0 Å². The van der Waals surface area contributed by atoms with Crippen LogP contribution in [0.25, 0.3) is 0 Å². The molecule has 0 aromatic heterocycles. The Kier molecular flexibility index (Phi) is 7.91. The van der Waals surface area contributed by atoms with Crippen molar-refractivity contribution in [1.29, 1.82) is 0 Å². The zero-order chi connectivity index (χ0) is 19.6. The summed E-state index contributed by atoms with van der Waals surface area (Å²) in [4.78, 5) is 4.32.